The minimum atomic E-state index is -1.47. The van der Waals surface area contributed by atoms with E-state index in [0.29, 0.717) is 5.56 Å². The molecule has 1 rings (SSSR count). The summed E-state index contributed by atoms with van der Waals surface area (Å²) in [5, 5.41) is 21.1. The Morgan fingerprint density at radius 3 is 2.47 bits per heavy atom. The lowest BCUT2D eigenvalue weighted by molar-refractivity contribution is -0.144. The Morgan fingerprint density at radius 1 is 1.32 bits per heavy atom. The fraction of sp³-hybridized carbons (Fsp3) is 0.500. The second kappa shape index (κ2) is 6.32. The molecular formula is C14H22O4Si. The third kappa shape index (κ3) is 4.45. The van der Waals surface area contributed by atoms with Gasteiger partial charge in [0, 0.05) is 0 Å². The summed E-state index contributed by atoms with van der Waals surface area (Å²) in [4.78, 5) is 11.1. The molecule has 0 bridgehead atoms. The fourth-order valence-electron chi connectivity index (χ4n) is 1.78. The number of rotatable bonds is 5. The number of methoxy groups -OCH3 is 1. The Kier molecular flexibility index (Phi) is 5.28. The van der Waals surface area contributed by atoms with E-state index in [1.54, 1.807) is 6.07 Å². The van der Waals surface area contributed by atoms with E-state index in [-0.39, 0.29) is 6.42 Å². The molecule has 2 atom stereocenters. The number of carbonyl (C=O) groups is 1. The average Bonchev–Trinajstić information content (AvgIpc) is 2.36. The van der Waals surface area contributed by atoms with Gasteiger partial charge in [-0.3, -0.25) is 4.79 Å². The van der Waals surface area contributed by atoms with Gasteiger partial charge < -0.3 is 14.9 Å². The standard InChI is InChI=1S/C14H22O4Si/c1-18-13(16)9-12(15)14(17)10-6-5-7-11(8-10)19(2,3)4/h5-8,12,14-15,17H,9H2,1-4H3. The lowest BCUT2D eigenvalue weighted by Gasteiger charge is -2.21. The molecule has 2 unspecified atom stereocenters. The summed E-state index contributed by atoms with van der Waals surface area (Å²) < 4.78 is 4.48. The number of aliphatic hydroxyl groups excluding tert-OH is 2. The molecule has 106 valence electrons. The highest BCUT2D eigenvalue weighted by molar-refractivity contribution is 6.88. The van der Waals surface area contributed by atoms with Crippen LogP contribution >= 0.6 is 0 Å². The van der Waals surface area contributed by atoms with Crippen LogP contribution in [-0.4, -0.2) is 37.5 Å². The van der Waals surface area contributed by atoms with Gasteiger partial charge in [0.05, 0.1) is 27.7 Å². The molecule has 0 amide bonds. The molecule has 0 radical (unpaired) electrons. The van der Waals surface area contributed by atoms with Crippen molar-refractivity contribution in [3.05, 3.63) is 29.8 Å². The van der Waals surface area contributed by atoms with Gasteiger partial charge in [0.1, 0.15) is 6.10 Å². The van der Waals surface area contributed by atoms with Crippen molar-refractivity contribution in [1.29, 1.82) is 0 Å². The molecular weight excluding hydrogens is 260 g/mol. The molecule has 1 aromatic carbocycles. The summed E-state index contributed by atoms with van der Waals surface area (Å²) in [5.74, 6) is -0.534. The van der Waals surface area contributed by atoms with E-state index in [2.05, 4.69) is 24.4 Å². The maximum Gasteiger partial charge on any atom is 0.308 e. The molecule has 0 saturated carbocycles. The molecule has 5 heteroatoms. The molecule has 0 aromatic heterocycles. The lowest BCUT2D eigenvalue weighted by Crippen LogP contribution is -2.38. The molecule has 0 aliphatic heterocycles. The van der Waals surface area contributed by atoms with Crippen molar-refractivity contribution in [3.63, 3.8) is 0 Å². The highest BCUT2D eigenvalue weighted by Crippen LogP contribution is 2.19. The van der Waals surface area contributed by atoms with E-state index in [4.69, 9.17) is 0 Å². The number of aliphatic hydroxyl groups is 2. The second-order valence-corrected chi connectivity index (χ2v) is 10.7. The van der Waals surface area contributed by atoms with Crippen LogP contribution < -0.4 is 5.19 Å². The van der Waals surface area contributed by atoms with Crippen molar-refractivity contribution >= 4 is 19.2 Å². The highest BCUT2D eigenvalue weighted by Gasteiger charge is 2.23. The number of ether oxygens (including phenoxy) is 1. The van der Waals surface area contributed by atoms with Gasteiger partial charge >= 0.3 is 5.97 Å². The van der Waals surface area contributed by atoms with Crippen LogP contribution in [0.2, 0.25) is 19.6 Å². The molecule has 0 fully saturated rings. The number of esters is 1. The Morgan fingerprint density at radius 2 is 1.95 bits per heavy atom. The Labute approximate surface area is 115 Å². The zero-order valence-electron chi connectivity index (χ0n) is 11.9. The lowest BCUT2D eigenvalue weighted by atomic mass is 10.0. The van der Waals surface area contributed by atoms with E-state index in [1.165, 1.54) is 12.3 Å². The quantitative estimate of drug-likeness (QED) is 0.629. The first-order chi connectivity index (χ1) is 8.75. The summed E-state index contributed by atoms with van der Waals surface area (Å²) in [7, 11) is -0.211. The summed E-state index contributed by atoms with van der Waals surface area (Å²) in [6.07, 6.45) is -2.44. The minimum Gasteiger partial charge on any atom is -0.469 e. The van der Waals surface area contributed by atoms with Crippen LogP contribution in [0, 0.1) is 0 Å². The third-order valence-corrected chi connectivity index (χ3v) is 5.11. The number of hydrogen-bond donors (Lipinski definition) is 2. The Bertz CT molecular complexity index is 439. The molecule has 19 heavy (non-hydrogen) atoms. The van der Waals surface area contributed by atoms with Gasteiger partial charge in [-0.1, -0.05) is 49.1 Å². The predicted molar refractivity (Wildman–Crippen MR) is 77.0 cm³/mol. The van der Waals surface area contributed by atoms with E-state index in [1.807, 2.05) is 18.2 Å². The highest BCUT2D eigenvalue weighted by atomic mass is 28.3. The zero-order valence-corrected chi connectivity index (χ0v) is 12.9. The van der Waals surface area contributed by atoms with Crippen LogP contribution in [-0.2, 0) is 9.53 Å². The summed E-state index contributed by atoms with van der Waals surface area (Å²) in [6, 6.07) is 7.58. The molecule has 2 N–H and O–H groups in total. The van der Waals surface area contributed by atoms with Crippen molar-refractivity contribution in [3.8, 4) is 0 Å². The first-order valence-corrected chi connectivity index (χ1v) is 9.79. The van der Waals surface area contributed by atoms with Gasteiger partial charge in [0.25, 0.3) is 0 Å². The second-order valence-electron chi connectivity index (χ2n) is 5.67. The summed E-state index contributed by atoms with van der Waals surface area (Å²) in [5.41, 5.74) is 0.635. The molecule has 0 aliphatic carbocycles. The first kappa shape index (κ1) is 15.9. The van der Waals surface area contributed by atoms with Crippen LogP contribution in [0.5, 0.6) is 0 Å². The molecule has 1 aromatic rings. The van der Waals surface area contributed by atoms with Gasteiger partial charge in [0.15, 0.2) is 0 Å². The third-order valence-electron chi connectivity index (χ3n) is 3.06. The topological polar surface area (TPSA) is 66.8 Å². The Hall–Kier alpha value is -1.17. The first-order valence-electron chi connectivity index (χ1n) is 6.29. The van der Waals surface area contributed by atoms with Crippen LogP contribution in [0.25, 0.3) is 0 Å². The Balaban J connectivity index is 2.88. The van der Waals surface area contributed by atoms with Crippen molar-refractivity contribution < 1.29 is 19.7 Å². The number of benzene rings is 1. The smallest absolute Gasteiger partial charge is 0.308 e. The largest absolute Gasteiger partial charge is 0.469 e. The van der Waals surface area contributed by atoms with Crippen LogP contribution in [0.1, 0.15) is 18.1 Å². The molecule has 0 saturated heterocycles. The van der Waals surface area contributed by atoms with Crippen molar-refractivity contribution in [2.75, 3.05) is 7.11 Å². The van der Waals surface area contributed by atoms with Crippen LogP contribution in [0.3, 0.4) is 0 Å². The molecule has 0 spiro atoms. The number of hydrogen-bond acceptors (Lipinski definition) is 4. The van der Waals surface area contributed by atoms with Gasteiger partial charge in [0.2, 0.25) is 0 Å². The van der Waals surface area contributed by atoms with Crippen molar-refractivity contribution in [1.82, 2.24) is 0 Å². The van der Waals surface area contributed by atoms with Gasteiger partial charge in [-0.15, -0.1) is 0 Å². The van der Waals surface area contributed by atoms with Gasteiger partial charge in [-0.25, -0.2) is 0 Å². The zero-order chi connectivity index (χ0) is 14.6. The molecule has 0 heterocycles. The van der Waals surface area contributed by atoms with Gasteiger partial charge in [-0.2, -0.15) is 0 Å². The monoisotopic (exact) mass is 282 g/mol. The van der Waals surface area contributed by atoms with Crippen LogP contribution in [0.15, 0.2) is 24.3 Å². The summed E-state index contributed by atoms with van der Waals surface area (Å²) >= 11 is 0. The van der Waals surface area contributed by atoms with E-state index < -0.39 is 26.3 Å². The maximum absolute atomic E-state index is 11.1. The molecule has 0 aliphatic rings. The van der Waals surface area contributed by atoms with E-state index in [9.17, 15) is 15.0 Å². The van der Waals surface area contributed by atoms with Crippen molar-refractivity contribution in [2.45, 2.75) is 38.3 Å². The fourth-order valence-corrected chi connectivity index (χ4v) is 2.97. The van der Waals surface area contributed by atoms with E-state index in [0.717, 1.165) is 0 Å². The van der Waals surface area contributed by atoms with Crippen molar-refractivity contribution in [2.24, 2.45) is 0 Å². The normalized spacial score (nSPS) is 14.8. The SMILES string of the molecule is COC(=O)CC(O)C(O)c1cccc([Si](C)(C)C)c1. The molecule has 4 nitrogen and oxygen atoms in total. The maximum atomic E-state index is 11.1. The average molecular weight is 282 g/mol. The van der Waals surface area contributed by atoms with E-state index >= 15 is 0 Å². The minimum absolute atomic E-state index is 0.213. The number of carbonyl (C=O) groups excluding carboxylic acids is 1. The van der Waals surface area contributed by atoms with Crippen LogP contribution in [0.4, 0.5) is 0 Å². The summed E-state index contributed by atoms with van der Waals surface area (Å²) in [6.45, 7) is 6.64. The predicted octanol–water partition coefficient (Wildman–Crippen LogP) is 1.19. The van der Waals surface area contributed by atoms with Gasteiger partial charge in [-0.05, 0) is 5.56 Å².